The normalized spacial score (nSPS) is 13.6. The van der Waals surface area contributed by atoms with Crippen LogP contribution < -0.4 is 9.80 Å². The van der Waals surface area contributed by atoms with Crippen LogP contribution in [0.2, 0.25) is 0 Å². The van der Waals surface area contributed by atoms with Gasteiger partial charge in [0.25, 0.3) is 0 Å². The second-order valence-corrected chi connectivity index (χ2v) is 7.35. The van der Waals surface area contributed by atoms with E-state index in [-0.39, 0.29) is 0 Å². The van der Waals surface area contributed by atoms with E-state index < -0.39 is 0 Å². The van der Waals surface area contributed by atoms with Gasteiger partial charge in [0, 0.05) is 28.2 Å². The van der Waals surface area contributed by atoms with Gasteiger partial charge in [0.1, 0.15) is 0 Å². The summed E-state index contributed by atoms with van der Waals surface area (Å²) in [5, 5.41) is 4.32. The van der Waals surface area contributed by atoms with Crippen molar-refractivity contribution in [2.45, 2.75) is 0 Å². The van der Waals surface area contributed by atoms with E-state index in [0.29, 0.717) is 6.73 Å². The standard InChI is InChI=1S/C26H19N3O/c1-3-9-19(10-4-1)29(20-11-5-2-6-12-20)21-15-16-23-24(17-21)22-13-7-8-14-25(22)28-18-30-27-26(23)28/h1-17H,18H2. The zero-order valence-electron chi connectivity index (χ0n) is 16.3. The molecule has 4 aromatic rings. The molecule has 4 nitrogen and oxygen atoms in total. The van der Waals surface area contributed by atoms with E-state index in [1.165, 1.54) is 11.1 Å². The molecule has 0 spiro atoms. The minimum Gasteiger partial charge on any atom is -0.371 e. The van der Waals surface area contributed by atoms with E-state index in [9.17, 15) is 0 Å². The predicted molar refractivity (Wildman–Crippen MR) is 122 cm³/mol. The summed E-state index contributed by atoms with van der Waals surface area (Å²) in [6.07, 6.45) is 0. The number of benzene rings is 4. The third kappa shape index (κ3) is 2.58. The maximum absolute atomic E-state index is 5.43. The molecule has 2 aliphatic rings. The van der Waals surface area contributed by atoms with E-state index in [0.717, 1.165) is 34.1 Å². The van der Waals surface area contributed by atoms with Gasteiger partial charge < -0.3 is 9.74 Å². The largest absolute Gasteiger partial charge is 0.371 e. The first-order valence-electron chi connectivity index (χ1n) is 10.0. The Kier molecular flexibility index (Phi) is 3.81. The summed E-state index contributed by atoms with van der Waals surface area (Å²) in [4.78, 5) is 9.83. The Labute approximate surface area is 175 Å². The van der Waals surface area contributed by atoms with E-state index in [4.69, 9.17) is 4.84 Å². The van der Waals surface area contributed by atoms with Gasteiger partial charge in [0.05, 0.1) is 5.69 Å². The number of rotatable bonds is 3. The Morgan fingerprint density at radius 3 is 2.03 bits per heavy atom. The number of hydrogen-bond donors (Lipinski definition) is 0. The van der Waals surface area contributed by atoms with Gasteiger partial charge in [-0.25, -0.2) is 0 Å². The lowest BCUT2D eigenvalue weighted by molar-refractivity contribution is 0.174. The van der Waals surface area contributed by atoms with Crippen molar-refractivity contribution < 1.29 is 4.84 Å². The second kappa shape index (κ2) is 6.78. The molecule has 144 valence electrons. The van der Waals surface area contributed by atoms with E-state index in [2.05, 4.69) is 106 Å². The molecular formula is C26H19N3O. The Hall–Kier alpha value is -4.05. The highest BCUT2D eigenvalue weighted by atomic mass is 16.7. The summed E-state index contributed by atoms with van der Waals surface area (Å²) < 4.78 is 0. The number of oxime groups is 1. The molecule has 0 N–H and O–H groups in total. The molecule has 30 heavy (non-hydrogen) atoms. The first-order chi connectivity index (χ1) is 14.9. The van der Waals surface area contributed by atoms with Gasteiger partial charge in [0.15, 0.2) is 12.6 Å². The summed E-state index contributed by atoms with van der Waals surface area (Å²) in [5.41, 5.74) is 7.93. The third-order valence-electron chi connectivity index (χ3n) is 5.61. The van der Waals surface area contributed by atoms with Gasteiger partial charge in [-0.15, -0.1) is 0 Å². The van der Waals surface area contributed by atoms with Crippen molar-refractivity contribution in [2.24, 2.45) is 5.16 Å². The molecule has 4 aromatic carbocycles. The summed E-state index contributed by atoms with van der Waals surface area (Å²) in [7, 11) is 0. The number of nitrogens with zero attached hydrogens (tertiary/aromatic N) is 3. The van der Waals surface area contributed by atoms with Crippen molar-refractivity contribution in [3.05, 3.63) is 109 Å². The fourth-order valence-corrected chi connectivity index (χ4v) is 4.26. The van der Waals surface area contributed by atoms with Crippen LogP contribution >= 0.6 is 0 Å². The average Bonchev–Trinajstić information content (AvgIpc) is 3.31. The lowest BCUT2D eigenvalue weighted by atomic mass is 9.92. The van der Waals surface area contributed by atoms with Crippen molar-refractivity contribution >= 4 is 28.6 Å². The van der Waals surface area contributed by atoms with Crippen LogP contribution in [-0.2, 0) is 4.84 Å². The number of para-hydroxylation sites is 3. The minimum atomic E-state index is 0.452. The lowest BCUT2D eigenvalue weighted by Gasteiger charge is -2.30. The minimum absolute atomic E-state index is 0.452. The van der Waals surface area contributed by atoms with E-state index in [1.807, 2.05) is 12.1 Å². The first kappa shape index (κ1) is 16.9. The van der Waals surface area contributed by atoms with Gasteiger partial charge in [-0.05, 0) is 54.1 Å². The van der Waals surface area contributed by atoms with Crippen LogP contribution in [0.3, 0.4) is 0 Å². The topological polar surface area (TPSA) is 28.1 Å². The summed E-state index contributed by atoms with van der Waals surface area (Å²) >= 11 is 0. The van der Waals surface area contributed by atoms with Crippen molar-refractivity contribution in [3.8, 4) is 11.1 Å². The van der Waals surface area contributed by atoms with Crippen molar-refractivity contribution in [3.63, 3.8) is 0 Å². The highest BCUT2D eigenvalue weighted by molar-refractivity contribution is 6.19. The fraction of sp³-hybridized carbons (Fsp3) is 0.0385. The van der Waals surface area contributed by atoms with Crippen LogP contribution in [0, 0.1) is 0 Å². The van der Waals surface area contributed by atoms with Crippen LogP contribution in [0.25, 0.3) is 11.1 Å². The molecule has 6 rings (SSSR count). The molecule has 0 saturated carbocycles. The molecule has 0 unspecified atom stereocenters. The highest BCUT2D eigenvalue weighted by Gasteiger charge is 2.32. The zero-order valence-corrected chi connectivity index (χ0v) is 16.3. The Balaban J connectivity index is 1.56. The van der Waals surface area contributed by atoms with Crippen LogP contribution in [0.4, 0.5) is 22.7 Å². The smallest absolute Gasteiger partial charge is 0.195 e. The molecule has 0 atom stereocenters. The molecular weight excluding hydrogens is 370 g/mol. The van der Waals surface area contributed by atoms with Crippen LogP contribution in [-0.4, -0.2) is 12.6 Å². The quantitative estimate of drug-likeness (QED) is 0.412. The van der Waals surface area contributed by atoms with Gasteiger partial charge >= 0.3 is 0 Å². The van der Waals surface area contributed by atoms with Gasteiger partial charge in [-0.2, -0.15) is 0 Å². The number of anilines is 4. The van der Waals surface area contributed by atoms with Gasteiger partial charge in [-0.3, -0.25) is 4.90 Å². The summed E-state index contributed by atoms with van der Waals surface area (Å²) in [6, 6.07) is 35.9. The predicted octanol–water partition coefficient (Wildman–Crippen LogP) is 6.29. The SMILES string of the molecule is c1ccc(N(c2ccccc2)c2ccc3c(c2)-c2ccccc2N2CON=C32)cc1. The van der Waals surface area contributed by atoms with Gasteiger partial charge in [0.2, 0.25) is 0 Å². The molecule has 4 heteroatoms. The maximum atomic E-state index is 5.43. The van der Waals surface area contributed by atoms with Crippen LogP contribution in [0.15, 0.2) is 108 Å². The number of amidine groups is 1. The molecule has 2 heterocycles. The van der Waals surface area contributed by atoms with Crippen LogP contribution in [0.5, 0.6) is 0 Å². The van der Waals surface area contributed by atoms with Crippen molar-refractivity contribution in [1.29, 1.82) is 0 Å². The second-order valence-electron chi connectivity index (χ2n) is 7.35. The highest BCUT2D eigenvalue weighted by Crippen LogP contribution is 2.44. The number of hydrogen-bond acceptors (Lipinski definition) is 4. The monoisotopic (exact) mass is 389 g/mol. The summed E-state index contributed by atoms with van der Waals surface area (Å²) in [6.45, 7) is 0.452. The Bertz CT molecular complexity index is 1210. The molecule has 0 aliphatic carbocycles. The van der Waals surface area contributed by atoms with Crippen molar-refractivity contribution in [1.82, 2.24) is 0 Å². The fourth-order valence-electron chi connectivity index (χ4n) is 4.26. The first-order valence-corrected chi connectivity index (χ1v) is 10.0. The molecule has 0 fully saturated rings. The molecule has 0 saturated heterocycles. The molecule has 0 bridgehead atoms. The maximum Gasteiger partial charge on any atom is 0.195 e. The van der Waals surface area contributed by atoms with Crippen molar-refractivity contribution in [2.75, 3.05) is 16.5 Å². The Morgan fingerprint density at radius 1 is 0.633 bits per heavy atom. The lowest BCUT2D eigenvalue weighted by Crippen LogP contribution is -2.31. The zero-order chi connectivity index (χ0) is 19.9. The molecule has 0 radical (unpaired) electrons. The van der Waals surface area contributed by atoms with E-state index >= 15 is 0 Å². The third-order valence-corrected chi connectivity index (χ3v) is 5.61. The van der Waals surface area contributed by atoms with Crippen LogP contribution in [0.1, 0.15) is 5.56 Å². The average molecular weight is 389 g/mol. The molecule has 0 aromatic heterocycles. The van der Waals surface area contributed by atoms with E-state index in [1.54, 1.807) is 0 Å². The number of fused-ring (bicyclic) bond motifs is 6. The van der Waals surface area contributed by atoms with Gasteiger partial charge in [-0.1, -0.05) is 59.8 Å². The molecule has 2 aliphatic heterocycles. The summed E-state index contributed by atoms with van der Waals surface area (Å²) in [5.74, 6) is 0.876. The Morgan fingerprint density at radius 2 is 1.30 bits per heavy atom. The molecule has 0 amide bonds.